The molecule has 2 aromatic heterocycles. The summed E-state index contributed by atoms with van der Waals surface area (Å²) in [5.41, 5.74) is 13.0. The number of nitrogens with two attached hydrogens (primary N) is 1. The van der Waals surface area contributed by atoms with E-state index in [1.165, 1.54) is 35.0 Å². The summed E-state index contributed by atoms with van der Waals surface area (Å²) < 4.78 is 8.25. The first-order valence-electron chi connectivity index (χ1n) is 9.46. The highest BCUT2D eigenvalue weighted by molar-refractivity contribution is 5.88. The van der Waals surface area contributed by atoms with Gasteiger partial charge in [-0.15, -0.1) is 0 Å². The van der Waals surface area contributed by atoms with E-state index in [1.54, 1.807) is 0 Å². The van der Waals surface area contributed by atoms with Crippen molar-refractivity contribution in [2.75, 3.05) is 12.3 Å². The van der Waals surface area contributed by atoms with Crippen LogP contribution in [0.4, 0.5) is 5.69 Å². The third-order valence-corrected chi connectivity index (χ3v) is 5.12. The summed E-state index contributed by atoms with van der Waals surface area (Å²) in [6, 6.07) is 8.74. The minimum Gasteiger partial charge on any atom is -0.463 e. The zero-order valence-corrected chi connectivity index (χ0v) is 15.6. The lowest BCUT2D eigenvalue weighted by Crippen LogP contribution is -2.11. The Labute approximate surface area is 154 Å². The van der Waals surface area contributed by atoms with Crippen molar-refractivity contribution in [3.05, 3.63) is 46.9 Å². The molecule has 0 atom stereocenters. The maximum atomic E-state index is 6.03. The Morgan fingerprint density at radius 2 is 1.85 bits per heavy atom. The van der Waals surface area contributed by atoms with E-state index in [0.717, 1.165) is 42.9 Å². The van der Waals surface area contributed by atoms with E-state index in [2.05, 4.69) is 26.7 Å². The van der Waals surface area contributed by atoms with Crippen LogP contribution in [0.25, 0.3) is 10.9 Å². The summed E-state index contributed by atoms with van der Waals surface area (Å²) in [4.78, 5) is 8.69. The monoisotopic (exact) mass is 350 g/mol. The van der Waals surface area contributed by atoms with Crippen LogP contribution >= 0.6 is 0 Å². The van der Waals surface area contributed by atoms with E-state index in [9.17, 15) is 0 Å². The number of aryl methyl sites for hydroxylation is 4. The molecule has 0 bridgehead atoms. The molecule has 5 nitrogen and oxygen atoms in total. The summed E-state index contributed by atoms with van der Waals surface area (Å²) in [6.07, 6.45) is 5.79. The second kappa shape index (κ2) is 6.98. The molecule has 0 radical (unpaired) electrons. The topological polar surface area (TPSA) is 66.0 Å². The Bertz CT molecular complexity index is 925. The van der Waals surface area contributed by atoms with Crippen molar-refractivity contribution < 1.29 is 4.74 Å². The van der Waals surface area contributed by atoms with Gasteiger partial charge in [-0.2, -0.15) is 0 Å². The molecule has 0 unspecified atom stereocenters. The van der Waals surface area contributed by atoms with Gasteiger partial charge in [0.25, 0.3) is 0 Å². The van der Waals surface area contributed by atoms with Gasteiger partial charge in [-0.1, -0.05) is 0 Å². The van der Waals surface area contributed by atoms with Gasteiger partial charge in [0.15, 0.2) is 0 Å². The zero-order valence-electron chi connectivity index (χ0n) is 15.6. The first-order valence-corrected chi connectivity index (χ1v) is 9.46. The summed E-state index contributed by atoms with van der Waals surface area (Å²) in [7, 11) is 0. The third-order valence-electron chi connectivity index (χ3n) is 5.12. The van der Waals surface area contributed by atoms with Crippen LogP contribution in [0.1, 0.15) is 41.9 Å². The van der Waals surface area contributed by atoms with Gasteiger partial charge in [0.05, 0.1) is 6.61 Å². The highest BCUT2D eigenvalue weighted by Gasteiger charge is 2.19. The molecular weight excluding hydrogens is 324 g/mol. The molecular formula is C21H26N4O. The molecule has 1 aliphatic carbocycles. The molecule has 2 heterocycles. The maximum Gasteiger partial charge on any atom is 0.316 e. The number of nitrogens with zero attached hydrogens (tertiary/aromatic N) is 3. The number of nitrogen functional groups attached to an aromatic ring is 1. The Balaban J connectivity index is 1.50. The smallest absolute Gasteiger partial charge is 0.316 e. The second-order valence-electron chi connectivity index (χ2n) is 7.20. The Morgan fingerprint density at radius 1 is 1.08 bits per heavy atom. The van der Waals surface area contributed by atoms with Gasteiger partial charge in [-0.25, -0.2) is 9.97 Å². The Morgan fingerprint density at radius 3 is 2.65 bits per heavy atom. The number of anilines is 1. The highest BCUT2D eigenvalue weighted by atomic mass is 16.5. The summed E-state index contributed by atoms with van der Waals surface area (Å²) in [5, 5.41) is 1.33. The van der Waals surface area contributed by atoms with Crippen molar-refractivity contribution in [3.8, 4) is 6.01 Å². The number of fused-ring (bicyclic) bond motifs is 3. The molecule has 1 aliphatic rings. The summed E-state index contributed by atoms with van der Waals surface area (Å²) >= 11 is 0. The van der Waals surface area contributed by atoms with Crippen LogP contribution in [-0.2, 0) is 19.4 Å². The van der Waals surface area contributed by atoms with Crippen molar-refractivity contribution in [2.24, 2.45) is 0 Å². The quantitative estimate of drug-likeness (QED) is 0.558. The lowest BCUT2D eigenvalue weighted by Gasteiger charge is -2.16. The number of ether oxygens (including phenoxy) is 1. The van der Waals surface area contributed by atoms with E-state index in [1.807, 2.05) is 26.0 Å². The van der Waals surface area contributed by atoms with Gasteiger partial charge >= 0.3 is 6.01 Å². The third kappa shape index (κ3) is 3.26. The van der Waals surface area contributed by atoms with E-state index in [0.29, 0.717) is 12.6 Å². The fraction of sp³-hybridized carbons (Fsp3) is 0.429. The summed E-state index contributed by atoms with van der Waals surface area (Å²) in [5.74, 6) is 0. The summed E-state index contributed by atoms with van der Waals surface area (Å²) in [6.45, 7) is 5.49. The second-order valence-corrected chi connectivity index (χ2v) is 7.20. The van der Waals surface area contributed by atoms with Gasteiger partial charge < -0.3 is 15.0 Å². The maximum absolute atomic E-state index is 6.03. The lowest BCUT2D eigenvalue weighted by molar-refractivity contribution is 0.278. The van der Waals surface area contributed by atoms with Gasteiger partial charge in [0, 0.05) is 40.2 Å². The fourth-order valence-corrected chi connectivity index (χ4v) is 4.05. The predicted octanol–water partition coefficient (Wildman–Crippen LogP) is 3.98. The van der Waals surface area contributed by atoms with Gasteiger partial charge in [-0.05, 0) is 75.8 Å². The molecule has 2 N–H and O–H groups in total. The van der Waals surface area contributed by atoms with Crippen LogP contribution in [0.2, 0.25) is 0 Å². The molecule has 0 saturated carbocycles. The molecule has 0 aliphatic heterocycles. The largest absolute Gasteiger partial charge is 0.463 e. The average Bonchev–Trinajstić information content (AvgIpc) is 2.91. The Hall–Kier alpha value is -2.56. The Kier molecular flexibility index (Phi) is 4.53. The van der Waals surface area contributed by atoms with Crippen LogP contribution in [0.3, 0.4) is 0 Å². The SMILES string of the molecule is Cc1cc(C)nc(OCCCn2c3c(c4cc(N)ccc42)CCCC3)n1. The lowest BCUT2D eigenvalue weighted by atomic mass is 9.95. The minimum atomic E-state index is 0.481. The molecule has 4 rings (SSSR count). The van der Waals surface area contributed by atoms with E-state index in [4.69, 9.17) is 10.5 Å². The zero-order chi connectivity index (χ0) is 18.1. The molecule has 136 valence electrons. The fourth-order valence-electron chi connectivity index (χ4n) is 4.05. The number of rotatable bonds is 5. The van der Waals surface area contributed by atoms with Crippen molar-refractivity contribution in [3.63, 3.8) is 0 Å². The van der Waals surface area contributed by atoms with Crippen LogP contribution in [0.15, 0.2) is 24.3 Å². The van der Waals surface area contributed by atoms with Gasteiger partial charge in [0.1, 0.15) is 0 Å². The molecule has 1 aromatic carbocycles. The van der Waals surface area contributed by atoms with Crippen LogP contribution in [-0.4, -0.2) is 21.1 Å². The molecule has 0 saturated heterocycles. The van der Waals surface area contributed by atoms with E-state index in [-0.39, 0.29) is 0 Å². The van der Waals surface area contributed by atoms with Crippen molar-refractivity contribution in [1.82, 2.24) is 14.5 Å². The standard InChI is InChI=1S/C21H26N4O/c1-14-12-15(2)24-21(23-14)26-11-5-10-25-19-7-4-3-6-17(19)18-13-16(22)8-9-20(18)25/h8-9,12-13H,3-7,10-11,22H2,1-2H3. The minimum absolute atomic E-state index is 0.481. The van der Waals surface area contributed by atoms with Crippen LogP contribution < -0.4 is 10.5 Å². The van der Waals surface area contributed by atoms with Crippen LogP contribution in [0, 0.1) is 13.8 Å². The average molecular weight is 350 g/mol. The molecule has 3 aromatic rings. The number of benzene rings is 1. The first-order chi connectivity index (χ1) is 12.6. The first kappa shape index (κ1) is 16.9. The van der Waals surface area contributed by atoms with Crippen molar-refractivity contribution in [1.29, 1.82) is 0 Å². The molecule has 0 fully saturated rings. The number of hydrogen-bond acceptors (Lipinski definition) is 4. The molecule has 0 spiro atoms. The molecule has 5 heteroatoms. The predicted molar refractivity (Wildman–Crippen MR) is 105 cm³/mol. The van der Waals surface area contributed by atoms with Gasteiger partial charge in [0.2, 0.25) is 0 Å². The van der Waals surface area contributed by atoms with Crippen molar-refractivity contribution in [2.45, 2.75) is 52.5 Å². The van der Waals surface area contributed by atoms with Crippen molar-refractivity contribution >= 4 is 16.6 Å². The number of aromatic nitrogens is 3. The molecule has 0 amide bonds. The van der Waals surface area contributed by atoms with Crippen LogP contribution in [0.5, 0.6) is 6.01 Å². The van der Waals surface area contributed by atoms with E-state index < -0.39 is 0 Å². The highest BCUT2D eigenvalue weighted by Crippen LogP contribution is 2.33. The molecule has 26 heavy (non-hydrogen) atoms. The van der Waals surface area contributed by atoms with Gasteiger partial charge in [-0.3, -0.25) is 0 Å². The van der Waals surface area contributed by atoms with E-state index >= 15 is 0 Å². The number of hydrogen-bond donors (Lipinski definition) is 1. The normalized spacial score (nSPS) is 13.8.